The molecule has 0 radical (unpaired) electrons. The average Bonchev–Trinajstić information content (AvgIpc) is 2.97. The van der Waals surface area contributed by atoms with Crippen molar-refractivity contribution in [3.05, 3.63) is 94.0 Å². The highest BCUT2D eigenvalue weighted by Crippen LogP contribution is 2.40. The Kier molecular flexibility index (Phi) is 3.15. The molecule has 1 heterocycles. The number of imide groups is 1. The fourth-order valence-corrected chi connectivity index (χ4v) is 3.78. The monoisotopic (exact) mass is 369 g/mol. The summed E-state index contributed by atoms with van der Waals surface area (Å²) in [5.74, 6) is -2.57. The Hall–Kier alpha value is -4.06. The molecule has 2 aliphatic rings. The largest absolute Gasteiger partial charge is 0.507 e. The van der Waals surface area contributed by atoms with E-state index in [0.717, 1.165) is 4.90 Å². The number of amides is 2. The second-order valence-electron chi connectivity index (χ2n) is 6.55. The van der Waals surface area contributed by atoms with E-state index in [0.29, 0.717) is 0 Å². The number of anilines is 1. The molecule has 3 aromatic carbocycles. The quantitative estimate of drug-likeness (QED) is 0.521. The first-order chi connectivity index (χ1) is 13.5. The van der Waals surface area contributed by atoms with Gasteiger partial charge in [0, 0.05) is 11.1 Å². The third-order valence-corrected chi connectivity index (χ3v) is 5.07. The SMILES string of the molecule is O=C1c2ccccc2C(=O)c2c(N3C(=O)c4ccccc4C3=O)ccc(O)c21. The fourth-order valence-electron chi connectivity index (χ4n) is 3.78. The van der Waals surface area contributed by atoms with Gasteiger partial charge < -0.3 is 5.11 Å². The molecular formula is C22H11NO5. The van der Waals surface area contributed by atoms with Gasteiger partial charge in [0.05, 0.1) is 27.9 Å². The van der Waals surface area contributed by atoms with Crippen molar-refractivity contribution in [3.8, 4) is 5.75 Å². The minimum absolute atomic E-state index is 0.00754. The van der Waals surface area contributed by atoms with Crippen molar-refractivity contribution >= 4 is 29.1 Å². The lowest BCUT2D eigenvalue weighted by atomic mass is 9.82. The Morgan fingerprint density at radius 2 is 1.04 bits per heavy atom. The molecule has 0 atom stereocenters. The Labute approximate surface area is 158 Å². The summed E-state index contributed by atoms with van der Waals surface area (Å²) >= 11 is 0. The van der Waals surface area contributed by atoms with Crippen LogP contribution in [-0.2, 0) is 0 Å². The van der Waals surface area contributed by atoms with Gasteiger partial charge in [0.15, 0.2) is 11.6 Å². The molecule has 0 fully saturated rings. The zero-order valence-corrected chi connectivity index (χ0v) is 14.3. The number of rotatable bonds is 1. The second kappa shape index (κ2) is 5.47. The molecule has 0 aromatic heterocycles. The molecule has 2 amide bonds. The van der Waals surface area contributed by atoms with E-state index in [1.54, 1.807) is 24.3 Å². The molecular weight excluding hydrogens is 358 g/mol. The molecule has 0 unspecified atom stereocenters. The number of benzene rings is 3. The molecule has 134 valence electrons. The second-order valence-corrected chi connectivity index (χ2v) is 6.55. The smallest absolute Gasteiger partial charge is 0.266 e. The number of aromatic hydroxyl groups is 1. The van der Waals surface area contributed by atoms with Crippen LogP contribution in [0.2, 0.25) is 0 Å². The molecule has 0 spiro atoms. The number of hydrogen-bond donors (Lipinski definition) is 1. The zero-order valence-electron chi connectivity index (χ0n) is 14.3. The van der Waals surface area contributed by atoms with Gasteiger partial charge >= 0.3 is 0 Å². The van der Waals surface area contributed by atoms with Crippen molar-refractivity contribution in [1.29, 1.82) is 0 Å². The van der Waals surface area contributed by atoms with Crippen LogP contribution < -0.4 is 4.90 Å². The van der Waals surface area contributed by atoms with Gasteiger partial charge in [-0.05, 0) is 24.3 Å². The van der Waals surface area contributed by atoms with Gasteiger partial charge in [0.2, 0.25) is 0 Å². The Morgan fingerprint density at radius 3 is 1.57 bits per heavy atom. The third kappa shape index (κ3) is 1.91. The predicted octanol–water partition coefficient (Wildman–Crippen LogP) is 2.97. The minimum atomic E-state index is -0.576. The summed E-state index contributed by atoms with van der Waals surface area (Å²) in [5, 5.41) is 10.3. The molecule has 1 aliphatic carbocycles. The maximum atomic E-state index is 13.2. The van der Waals surface area contributed by atoms with E-state index >= 15 is 0 Å². The first-order valence-electron chi connectivity index (χ1n) is 8.53. The summed E-state index contributed by atoms with van der Waals surface area (Å²) in [4.78, 5) is 52.7. The van der Waals surface area contributed by atoms with Crippen LogP contribution in [0.15, 0.2) is 60.7 Å². The topological polar surface area (TPSA) is 91.8 Å². The van der Waals surface area contributed by atoms with Crippen molar-refractivity contribution in [1.82, 2.24) is 0 Å². The molecule has 3 aromatic rings. The van der Waals surface area contributed by atoms with E-state index in [2.05, 4.69) is 0 Å². The van der Waals surface area contributed by atoms with E-state index in [4.69, 9.17) is 0 Å². The predicted molar refractivity (Wildman–Crippen MR) is 99.0 cm³/mol. The van der Waals surface area contributed by atoms with Crippen LogP contribution in [0, 0.1) is 0 Å². The Morgan fingerprint density at radius 1 is 0.571 bits per heavy atom. The number of nitrogens with zero attached hydrogens (tertiary/aromatic N) is 1. The van der Waals surface area contributed by atoms with E-state index in [9.17, 15) is 24.3 Å². The molecule has 5 rings (SSSR count). The number of hydrogen-bond acceptors (Lipinski definition) is 5. The number of carbonyl (C=O) groups is 4. The highest BCUT2D eigenvalue weighted by molar-refractivity contribution is 6.38. The molecule has 6 heteroatoms. The van der Waals surface area contributed by atoms with Gasteiger partial charge in [-0.1, -0.05) is 36.4 Å². The summed E-state index contributed by atoms with van der Waals surface area (Å²) in [6.45, 7) is 0. The number of phenols is 1. The summed E-state index contributed by atoms with van der Waals surface area (Å²) in [5.41, 5.74) is 0.453. The lowest BCUT2D eigenvalue weighted by Crippen LogP contribution is -2.33. The van der Waals surface area contributed by atoms with Crippen LogP contribution in [0.1, 0.15) is 52.6 Å². The summed E-state index contributed by atoms with van der Waals surface area (Å²) in [6, 6.07) is 15.2. The highest BCUT2D eigenvalue weighted by atomic mass is 16.3. The minimum Gasteiger partial charge on any atom is -0.507 e. The summed E-state index contributed by atoms with van der Waals surface area (Å²) in [7, 11) is 0. The van der Waals surface area contributed by atoms with Gasteiger partial charge in [-0.3, -0.25) is 19.2 Å². The standard InChI is InChI=1S/C22H11NO5/c24-16-10-9-15(23-21(27)13-7-3-4-8-14(13)22(23)28)17-18(16)20(26)12-6-2-1-5-11(12)19(17)25/h1-10,24H. The lowest BCUT2D eigenvalue weighted by molar-refractivity contribution is 0.0923. The number of ketones is 2. The molecule has 1 N–H and O–H groups in total. The first-order valence-corrected chi connectivity index (χ1v) is 8.53. The van der Waals surface area contributed by atoms with Crippen molar-refractivity contribution in [2.75, 3.05) is 4.90 Å². The highest BCUT2D eigenvalue weighted by Gasteiger charge is 2.41. The normalized spacial score (nSPS) is 14.8. The van der Waals surface area contributed by atoms with E-state index in [-0.39, 0.29) is 44.8 Å². The van der Waals surface area contributed by atoms with Crippen LogP contribution in [-0.4, -0.2) is 28.5 Å². The van der Waals surface area contributed by atoms with Crippen LogP contribution in [0.5, 0.6) is 5.75 Å². The molecule has 1 aliphatic heterocycles. The molecule has 0 saturated carbocycles. The maximum Gasteiger partial charge on any atom is 0.266 e. The van der Waals surface area contributed by atoms with Gasteiger partial charge in [-0.2, -0.15) is 0 Å². The van der Waals surface area contributed by atoms with Crippen molar-refractivity contribution in [2.45, 2.75) is 0 Å². The van der Waals surface area contributed by atoms with Crippen LogP contribution in [0.3, 0.4) is 0 Å². The number of phenolic OH excluding ortho intramolecular Hbond substituents is 1. The Bertz CT molecular complexity index is 1220. The van der Waals surface area contributed by atoms with Gasteiger partial charge in [0.1, 0.15) is 5.75 Å². The summed E-state index contributed by atoms with van der Waals surface area (Å²) in [6.07, 6.45) is 0. The zero-order chi connectivity index (χ0) is 19.6. The molecule has 6 nitrogen and oxygen atoms in total. The molecule has 0 saturated heterocycles. The lowest BCUT2D eigenvalue weighted by Gasteiger charge is -2.24. The molecule has 28 heavy (non-hydrogen) atoms. The van der Waals surface area contributed by atoms with Crippen molar-refractivity contribution in [2.24, 2.45) is 0 Å². The number of fused-ring (bicyclic) bond motifs is 3. The molecule has 0 bridgehead atoms. The van der Waals surface area contributed by atoms with E-state index in [1.165, 1.54) is 36.4 Å². The first kappa shape index (κ1) is 16.1. The van der Waals surface area contributed by atoms with Crippen molar-refractivity contribution in [3.63, 3.8) is 0 Å². The number of carbonyl (C=O) groups excluding carboxylic acids is 4. The van der Waals surface area contributed by atoms with Gasteiger partial charge in [0.25, 0.3) is 11.8 Å². The third-order valence-electron chi connectivity index (χ3n) is 5.07. The maximum absolute atomic E-state index is 13.2. The van der Waals surface area contributed by atoms with Crippen molar-refractivity contribution < 1.29 is 24.3 Å². The van der Waals surface area contributed by atoms with Gasteiger partial charge in [-0.25, -0.2) is 4.90 Å². The average molecular weight is 369 g/mol. The fraction of sp³-hybridized carbons (Fsp3) is 0. The van der Waals surface area contributed by atoms with Crippen LogP contribution in [0.4, 0.5) is 5.69 Å². The van der Waals surface area contributed by atoms with E-state index < -0.39 is 23.4 Å². The Balaban J connectivity index is 1.77. The van der Waals surface area contributed by atoms with E-state index in [1.807, 2.05) is 0 Å². The van der Waals surface area contributed by atoms with Crippen LogP contribution >= 0.6 is 0 Å². The van der Waals surface area contributed by atoms with Crippen LogP contribution in [0.25, 0.3) is 0 Å². The summed E-state index contributed by atoms with van der Waals surface area (Å²) < 4.78 is 0. The van der Waals surface area contributed by atoms with Gasteiger partial charge in [-0.15, -0.1) is 0 Å².